The molecule has 1 saturated carbocycles. The van der Waals surface area contributed by atoms with Crippen LogP contribution in [0.5, 0.6) is 0 Å². The molecular formula is C19H28ClN5O. The summed E-state index contributed by atoms with van der Waals surface area (Å²) in [5, 5.41) is 7.52. The first kappa shape index (κ1) is 20.4. The van der Waals surface area contributed by atoms with E-state index >= 15 is 0 Å². The second kappa shape index (κ2) is 7.76. The molecule has 1 aliphatic rings. The fraction of sp³-hybridized carbons (Fsp3) is 0.526. The van der Waals surface area contributed by atoms with E-state index in [1.807, 2.05) is 32.0 Å². The van der Waals surface area contributed by atoms with Crippen molar-refractivity contribution in [3.63, 3.8) is 0 Å². The number of nitrogens with one attached hydrogen (secondary N) is 1. The number of hydrogen-bond acceptors (Lipinski definition) is 4. The van der Waals surface area contributed by atoms with Crippen LogP contribution in [0.15, 0.2) is 24.3 Å². The van der Waals surface area contributed by atoms with Crippen LogP contribution in [0.25, 0.3) is 5.69 Å². The third-order valence-corrected chi connectivity index (χ3v) is 5.06. The van der Waals surface area contributed by atoms with Crippen molar-refractivity contribution < 1.29 is 4.79 Å². The number of carbonyl (C=O) groups is 1. The van der Waals surface area contributed by atoms with Crippen LogP contribution in [0, 0.1) is 12.8 Å². The second-order valence-electron chi connectivity index (χ2n) is 7.46. The van der Waals surface area contributed by atoms with Crippen molar-refractivity contribution in [2.75, 3.05) is 6.54 Å². The smallest absolute Gasteiger partial charge is 0.291 e. The van der Waals surface area contributed by atoms with E-state index < -0.39 is 0 Å². The Kier molecular flexibility index (Phi) is 6.09. The van der Waals surface area contributed by atoms with Crippen molar-refractivity contribution in [3.05, 3.63) is 41.5 Å². The number of halogens is 1. The highest BCUT2D eigenvalue weighted by molar-refractivity contribution is 5.91. The van der Waals surface area contributed by atoms with Crippen molar-refractivity contribution in [2.45, 2.75) is 52.0 Å². The van der Waals surface area contributed by atoms with Crippen LogP contribution in [0.1, 0.15) is 61.5 Å². The number of rotatable bonds is 6. The second-order valence-corrected chi connectivity index (χ2v) is 7.46. The van der Waals surface area contributed by atoms with Crippen molar-refractivity contribution in [1.82, 2.24) is 20.1 Å². The monoisotopic (exact) mass is 377 g/mol. The van der Waals surface area contributed by atoms with Crippen LogP contribution in [0.3, 0.4) is 0 Å². The van der Waals surface area contributed by atoms with E-state index in [-0.39, 0.29) is 29.7 Å². The molecule has 1 fully saturated rings. The number of aromatic nitrogens is 3. The van der Waals surface area contributed by atoms with Crippen molar-refractivity contribution in [1.29, 1.82) is 0 Å². The molecule has 0 radical (unpaired) electrons. The lowest BCUT2D eigenvalue weighted by Crippen LogP contribution is -2.53. The number of benzene rings is 1. The average Bonchev–Trinajstić information content (AvgIpc) is 3.38. The molecule has 26 heavy (non-hydrogen) atoms. The highest BCUT2D eigenvalue weighted by Gasteiger charge is 2.42. The fourth-order valence-electron chi connectivity index (χ4n) is 3.24. The first-order valence-electron chi connectivity index (χ1n) is 8.91. The molecule has 0 bridgehead atoms. The third kappa shape index (κ3) is 3.91. The summed E-state index contributed by atoms with van der Waals surface area (Å²) in [6.07, 6.45) is 2.22. The summed E-state index contributed by atoms with van der Waals surface area (Å²) in [6.45, 7) is 8.56. The number of nitrogens with two attached hydrogens (primary N) is 1. The highest BCUT2D eigenvalue weighted by atomic mass is 35.5. The summed E-state index contributed by atoms with van der Waals surface area (Å²) >= 11 is 0. The van der Waals surface area contributed by atoms with Crippen LogP contribution in [0.2, 0.25) is 0 Å². The number of carbonyl (C=O) groups excluding carboxylic acids is 1. The van der Waals surface area contributed by atoms with Gasteiger partial charge in [-0.1, -0.05) is 32.0 Å². The van der Waals surface area contributed by atoms with Gasteiger partial charge in [0.25, 0.3) is 5.91 Å². The van der Waals surface area contributed by atoms with Crippen molar-refractivity contribution in [2.24, 2.45) is 11.7 Å². The Labute approximate surface area is 161 Å². The van der Waals surface area contributed by atoms with Gasteiger partial charge in [-0.3, -0.25) is 4.79 Å². The summed E-state index contributed by atoms with van der Waals surface area (Å²) in [5.41, 5.74) is 7.65. The van der Waals surface area contributed by atoms with Gasteiger partial charge in [0, 0.05) is 6.54 Å². The van der Waals surface area contributed by atoms with E-state index in [4.69, 9.17) is 5.73 Å². The summed E-state index contributed by atoms with van der Waals surface area (Å²) in [6, 6.07) is 8.08. The first-order valence-corrected chi connectivity index (χ1v) is 8.91. The van der Waals surface area contributed by atoms with Gasteiger partial charge in [0.2, 0.25) is 5.82 Å². The minimum Gasteiger partial charge on any atom is -0.343 e. The number of aryl methyl sites for hydroxylation is 1. The van der Waals surface area contributed by atoms with Crippen LogP contribution in [0.4, 0.5) is 0 Å². The van der Waals surface area contributed by atoms with E-state index in [1.54, 1.807) is 4.68 Å². The summed E-state index contributed by atoms with van der Waals surface area (Å²) in [7, 11) is 0. The predicted octanol–water partition coefficient (Wildman–Crippen LogP) is 2.98. The van der Waals surface area contributed by atoms with Gasteiger partial charge in [0.05, 0.1) is 11.2 Å². The molecule has 7 heteroatoms. The maximum absolute atomic E-state index is 12.7. The molecule has 2 aromatic rings. The van der Waals surface area contributed by atoms with Gasteiger partial charge < -0.3 is 11.1 Å². The molecular weight excluding hydrogens is 350 g/mol. The van der Waals surface area contributed by atoms with Gasteiger partial charge in [-0.2, -0.15) is 0 Å². The Balaban J connectivity index is 0.00000243. The lowest BCUT2D eigenvalue weighted by atomic mass is 9.96. The van der Waals surface area contributed by atoms with Gasteiger partial charge in [0.15, 0.2) is 0 Å². The number of amides is 1. The normalized spacial score (nSPS) is 16.1. The zero-order valence-electron chi connectivity index (χ0n) is 15.8. The largest absolute Gasteiger partial charge is 0.343 e. The van der Waals surface area contributed by atoms with E-state index in [9.17, 15) is 4.79 Å². The molecule has 1 aromatic heterocycles. The summed E-state index contributed by atoms with van der Waals surface area (Å²) < 4.78 is 1.75. The minimum absolute atomic E-state index is 0. The number of para-hydroxylation sites is 1. The van der Waals surface area contributed by atoms with Crippen molar-refractivity contribution in [3.8, 4) is 5.69 Å². The topological polar surface area (TPSA) is 85.8 Å². The van der Waals surface area contributed by atoms with E-state index in [0.29, 0.717) is 24.2 Å². The maximum atomic E-state index is 12.7. The van der Waals surface area contributed by atoms with Crippen LogP contribution >= 0.6 is 12.4 Å². The van der Waals surface area contributed by atoms with Crippen molar-refractivity contribution >= 4 is 18.3 Å². The zero-order chi connectivity index (χ0) is 18.2. The predicted molar refractivity (Wildman–Crippen MR) is 105 cm³/mol. The molecule has 1 heterocycles. The summed E-state index contributed by atoms with van der Waals surface area (Å²) in [4.78, 5) is 17.0. The molecule has 0 spiro atoms. The lowest BCUT2D eigenvalue weighted by Gasteiger charge is -2.28. The standard InChI is InChI=1S/C19H27N5O.ClH/c1-12(2)15-7-5-6-8-16(15)24-13(3)21-17(23-24)18(25)22-19(4,11-20)14-9-10-14;/h5-8,12,14H,9-11,20H2,1-4H3,(H,22,25);1H. The number of hydrogen-bond donors (Lipinski definition) is 2. The molecule has 0 aliphatic heterocycles. The Morgan fingerprint density at radius 2 is 2.04 bits per heavy atom. The van der Waals surface area contributed by atoms with Gasteiger partial charge >= 0.3 is 0 Å². The molecule has 1 unspecified atom stereocenters. The highest BCUT2D eigenvalue weighted by Crippen LogP contribution is 2.39. The quantitative estimate of drug-likeness (QED) is 0.810. The van der Waals surface area contributed by atoms with Crippen LogP contribution in [-0.4, -0.2) is 32.8 Å². The molecule has 1 amide bonds. The van der Waals surface area contributed by atoms with Gasteiger partial charge in [-0.25, -0.2) is 9.67 Å². The van der Waals surface area contributed by atoms with E-state index in [0.717, 1.165) is 18.5 Å². The minimum atomic E-state index is -0.383. The molecule has 1 atom stereocenters. The lowest BCUT2D eigenvalue weighted by molar-refractivity contribution is 0.0887. The summed E-state index contributed by atoms with van der Waals surface area (Å²) in [5.74, 6) is 1.43. The first-order chi connectivity index (χ1) is 11.9. The third-order valence-electron chi connectivity index (χ3n) is 5.06. The molecule has 6 nitrogen and oxygen atoms in total. The molecule has 1 aromatic carbocycles. The Hall–Kier alpha value is -1.92. The Morgan fingerprint density at radius 3 is 2.62 bits per heavy atom. The Morgan fingerprint density at radius 1 is 1.38 bits per heavy atom. The maximum Gasteiger partial charge on any atom is 0.291 e. The molecule has 142 valence electrons. The molecule has 1 aliphatic carbocycles. The van der Waals surface area contributed by atoms with E-state index in [2.05, 4.69) is 35.3 Å². The molecule has 0 saturated heterocycles. The van der Waals surface area contributed by atoms with E-state index in [1.165, 1.54) is 5.56 Å². The number of nitrogens with zero attached hydrogens (tertiary/aromatic N) is 3. The fourth-order valence-corrected chi connectivity index (χ4v) is 3.24. The van der Waals surface area contributed by atoms with Gasteiger partial charge in [-0.05, 0) is 50.2 Å². The van der Waals surface area contributed by atoms with Crippen LogP contribution in [-0.2, 0) is 0 Å². The van der Waals surface area contributed by atoms with Gasteiger partial charge in [0.1, 0.15) is 5.82 Å². The molecule has 3 N–H and O–H groups in total. The zero-order valence-corrected chi connectivity index (χ0v) is 16.6. The Bertz CT molecular complexity index is 784. The average molecular weight is 378 g/mol. The SMILES string of the molecule is Cc1nc(C(=O)NC(C)(CN)C2CC2)nn1-c1ccccc1C(C)C.Cl. The molecule has 3 rings (SSSR count). The van der Waals surface area contributed by atoms with Gasteiger partial charge in [-0.15, -0.1) is 17.5 Å². The van der Waals surface area contributed by atoms with Crippen LogP contribution < -0.4 is 11.1 Å².